The minimum atomic E-state index is -1.09. The van der Waals surface area contributed by atoms with Crippen molar-refractivity contribution in [3.05, 3.63) is 29.3 Å². The maximum Gasteiger partial charge on any atom is 0.252 e. The van der Waals surface area contributed by atoms with Crippen LogP contribution in [0.3, 0.4) is 0 Å². The summed E-state index contributed by atoms with van der Waals surface area (Å²) in [6, 6.07) is 4.52. The van der Waals surface area contributed by atoms with E-state index >= 15 is 0 Å². The maximum atomic E-state index is 12.9. The van der Waals surface area contributed by atoms with Gasteiger partial charge in [0.25, 0.3) is 5.91 Å². The minimum absolute atomic E-state index is 0.0210. The van der Waals surface area contributed by atoms with Crippen molar-refractivity contribution >= 4 is 39.2 Å². The predicted octanol–water partition coefficient (Wildman–Crippen LogP) is 2.30. The van der Waals surface area contributed by atoms with Gasteiger partial charge in [-0.3, -0.25) is 14.4 Å². The molecule has 150 valence electrons. The second-order valence-corrected chi connectivity index (χ2v) is 8.64. The van der Waals surface area contributed by atoms with Gasteiger partial charge < -0.3 is 15.4 Å². The van der Waals surface area contributed by atoms with Gasteiger partial charge in [-0.05, 0) is 44.4 Å². The van der Waals surface area contributed by atoms with E-state index in [4.69, 9.17) is 4.74 Å². The Kier molecular flexibility index (Phi) is 5.81. The first-order valence-electron chi connectivity index (χ1n) is 9.31. The van der Waals surface area contributed by atoms with Crippen molar-refractivity contribution in [3.8, 4) is 0 Å². The average molecular weight is 404 g/mol. The molecule has 2 amide bonds. The number of carbonyl (C=O) groups excluding carboxylic acids is 3. The molecule has 2 heterocycles. The van der Waals surface area contributed by atoms with Crippen molar-refractivity contribution in [1.82, 2.24) is 15.6 Å². The molecule has 0 aliphatic carbocycles. The molecule has 0 spiro atoms. The zero-order chi connectivity index (χ0) is 20.5. The number of aromatic nitrogens is 1. The van der Waals surface area contributed by atoms with Crippen LogP contribution in [0.15, 0.2) is 23.7 Å². The molecule has 0 saturated carbocycles. The highest BCUT2D eigenvalue weighted by atomic mass is 32.1. The highest BCUT2D eigenvalue weighted by Crippen LogP contribution is 2.23. The fourth-order valence-electron chi connectivity index (χ4n) is 3.20. The molecule has 1 aromatic carbocycles. The van der Waals surface area contributed by atoms with E-state index < -0.39 is 17.7 Å². The smallest absolute Gasteiger partial charge is 0.252 e. The molecule has 1 fully saturated rings. The highest BCUT2D eigenvalue weighted by Gasteiger charge is 2.47. The summed E-state index contributed by atoms with van der Waals surface area (Å²) < 4.78 is 6.36. The van der Waals surface area contributed by atoms with Crippen LogP contribution in [0.1, 0.15) is 44.5 Å². The van der Waals surface area contributed by atoms with Gasteiger partial charge in [0.05, 0.1) is 21.8 Å². The van der Waals surface area contributed by atoms with Crippen LogP contribution in [0.4, 0.5) is 0 Å². The molecule has 0 radical (unpaired) electrons. The normalized spacial score (nSPS) is 23.2. The van der Waals surface area contributed by atoms with Gasteiger partial charge >= 0.3 is 0 Å². The minimum Gasteiger partial charge on any atom is -0.368 e. The zero-order valence-corrected chi connectivity index (χ0v) is 17.3. The molecule has 2 aromatic rings. The Balaban J connectivity index is 1.76. The standard InChI is InChI=1S/C20H25N3O4S/c1-11(2)7-15(19(26)23-20(4)12(3)27-9-17(20)24)22-18(25)13-5-6-16-14(8-13)21-10-28-16/h5-6,8,10-12,15H,7,9H2,1-4H3,(H,22,25)(H,23,26). The van der Waals surface area contributed by atoms with Gasteiger partial charge in [-0.2, -0.15) is 0 Å². The summed E-state index contributed by atoms with van der Waals surface area (Å²) in [5.74, 6) is -0.720. The van der Waals surface area contributed by atoms with Crippen LogP contribution < -0.4 is 10.6 Å². The Morgan fingerprint density at radius 3 is 2.79 bits per heavy atom. The van der Waals surface area contributed by atoms with Gasteiger partial charge in [-0.1, -0.05) is 13.8 Å². The van der Waals surface area contributed by atoms with Gasteiger partial charge in [-0.25, -0.2) is 4.98 Å². The summed E-state index contributed by atoms with van der Waals surface area (Å²) in [5, 5.41) is 5.62. The molecule has 7 nitrogen and oxygen atoms in total. The number of nitrogens with zero attached hydrogens (tertiary/aromatic N) is 1. The van der Waals surface area contributed by atoms with Crippen LogP contribution in [-0.4, -0.2) is 46.9 Å². The van der Waals surface area contributed by atoms with E-state index in [1.165, 1.54) is 11.3 Å². The third kappa shape index (κ3) is 4.07. The number of hydrogen-bond donors (Lipinski definition) is 2. The molecule has 2 N–H and O–H groups in total. The Hall–Kier alpha value is -2.32. The summed E-state index contributed by atoms with van der Waals surface area (Å²) in [5.41, 5.74) is 1.83. The van der Waals surface area contributed by atoms with Gasteiger partial charge in [-0.15, -0.1) is 11.3 Å². The summed E-state index contributed by atoms with van der Waals surface area (Å²) >= 11 is 1.50. The molecule has 1 saturated heterocycles. The first kappa shape index (κ1) is 20.4. The summed E-state index contributed by atoms with van der Waals surface area (Å²) in [7, 11) is 0. The number of ketones is 1. The number of fused-ring (bicyclic) bond motifs is 1. The number of amides is 2. The number of Topliss-reactive ketones (excluding diaryl/α,β-unsaturated/α-hetero) is 1. The largest absolute Gasteiger partial charge is 0.368 e. The van der Waals surface area contributed by atoms with E-state index in [0.29, 0.717) is 12.0 Å². The Labute approximate surface area is 167 Å². The van der Waals surface area contributed by atoms with Crippen molar-refractivity contribution in [1.29, 1.82) is 0 Å². The molecule has 28 heavy (non-hydrogen) atoms. The van der Waals surface area contributed by atoms with Crippen molar-refractivity contribution in [2.75, 3.05) is 6.61 Å². The van der Waals surface area contributed by atoms with E-state index in [1.54, 1.807) is 31.5 Å². The van der Waals surface area contributed by atoms with Crippen LogP contribution in [-0.2, 0) is 14.3 Å². The summed E-state index contributed by atoms with van der Waals surface area (Å²) in [6.45, 7) is 7.34. The molecule has 1 aromatic heterocycles. The highest BCUT2D eigenvalue weighted by molar-refractivity contribution is 7.16. The van der Waals surface area contributed by atoms with E-state index in [9.17, 15) is 14.4 Å². The Morgan fingerprint density at radius 2 is 2.14 bits per heavy atom. The lowest BCUT2D eigenvalue weighted by molar-refractivity contribution is -0.130. The quantitative estimate of drug-likeness (QED) is 0.771. The second kappa shape index (κ2) is 7.97. The molecule has 1 aliphatic heterocycles. The Bertz CT molecular complexity index is 910. The summed E-state index contributed by atoms with van der Waals surface area (Å²) in [6.07, 6.45) is 0.0298. The third-order valence-corrected chi connectivity index (χ3v) is 5.97. The van der Waals surface area contributed by atoms with E-state index in [1.807, 2.05) is 19.9 Å². The fourth-order valence-corrected chi connectivity index (χ4v) is 3.86. The molecular formula is C20H25N3O4S. The average Bonchev–Trinajstić information content (AvgIpc) is 3.20. The van der Waals surface area contributed by atoms with E-state index in [-0.39, 0.29) is 30.1 Å². The lowest BCUT2D eigenvalue weighted by Crippen LogP contribution is -2.60. The van der Waals surface area contributed by atoms with Crippen LogP contribution in [0.5, 0.6) is 0 Å². The molecule has 1 aliphatic rings. The van der Waals surface area contributed by atoms with Gasteiger partial charge in [0.15, 0.2) is 5.78 Å². The van der Waals surface area contributed by atoms with Crippen molar-refractivity contribution in [2.24, 2.45) is 5.92 Å². The predicted molar refractivity (Wildman–Crippen MR) is 107 cm³/mol. The molecule has 3 atom stereocenters. The molecular weight excluding hydrogens is 378 g/mol. The first-order valence-corrected chi connectivity index (χ1v) is 10.2. The third-order valence-electron chi connectivity index (χ3n) is 5.16. The molecule has 3 rings (SSSR count). The lowest BCUT2D eigenvalue weighted by atomic mass is 9.92. The van der Waals surface area contributed by atoms with E-state index in [2.05, 4.69) is 15.6 Å². The van der Waals surface area contributed by atoms with Crippen LogP contribution >= 0.6 is 11.3 Å². The first-order chi connectivity index (χ1) is 13.2. The number of benzene rings is 1. The van der Waals surface area contributed by atoms with Crippen molar-refractivity contribution < 1.29 is 19.1 Å². The number of thiazole rings is 1. The van der Waals surface area contributed by atoms with Gasteiger partial charge in [0, 0.05) is 5.56 Å². The van der Waals surface area contributed by atoms with Crippen LogP contribution in [0, 0.1) is 5.92 Å². The number of rotatable bonds is 6. The second-order valence-electron chi connectivity index (χ2n) is 7.76. The SMILES string of the molecule is CC(C)CC(NC(=O)c1ccc2scnc2c1)C(=O)NC1(C)C(=O)COC1C. The monoisotopic (exact) mass is 403 g/mol. The Morgan fingerprint density at radius 1 is 1.39 bits per heavy atom. The van der Waals surface area contributed by atoms with Gasteiger partial charge in [0.1, 0.15) is 18.2 Å². The van der Waals surface area contributed by atoms with E-state index in [0.717, 1.165) is 10.2 Å². The fraction of sp³-hybridized carbons (Fsp3) is 0.500. The topological polar surface area (TPSA) is 97.4 Å². The van der Waals surface area contributed by atoms with Crippen LogP contribution in [0.25, 0.3) is 10.2 Å². The zero-order valence-electron chi connectivity index (χ0n) is 16.4. The van der Waals surface area contributed by atoms with Crippen molar-refractivity contribution in [2.45, 2.75) is 51.8 Å². The van der Waals surface area contributed by atoms with Gasteiger partial charge in [0.2, 0.25) is 5.91 Å². The molecule has 8 heteroatoms. The lowest BCUT2D eigenvalue weighted by Gasteiger charge is -2.30. The number of carbonyl (C=O) groups is 3. The number of nitrogens with one attached hydrogen (secondary N) is 2. The summed E-state index contributed by atoms with van der Waals surface area (Å²) in [4.78, 5) is 42.1. The number of ether oxygens (including phenoxy) is 1. The molecule has 0 bridgehead atoms. The van der Waals surface area contributed by atoms with Crippen molar-refractivity contribution in [3.63, 3.8) is 0 Å². The maximum absolute atomic E-state index is 12.9. The number of hydrogen-bond acceptors (Lipinski definition) is 6. The molecule has 3 unspecified atom stereocenters. The van der Waals surface area contributed by atoms with Crippen LogP contribution in [0.2, 0.25) is 0 Å².